The van der Waals surface area contributed by atoms with Gasteiger partial charge in [-0.15, -0.1) is 0 Å². The van der Waals surface area contributed by atoms with Crippen LogP contribution in [0.5, 0.6) is 5.88 Å². The van der Waals surface area contributed by atoms with Crippen molar-refractivity contribution in [1.82, 2.24) is 23.8 Å². The first-order valence-corrected chi connectivity index (χ1v) is 16.5. The highest BCUT2D eigenvalue weighted by Crippen LogP contribution is 2.40. The van der Waals surface area contributed by atoms with Crippen LogP contribution < -0.4 is 16.2 Å². The average Bonchev–Trinajstić information content (AvgIpc) is 3.39. The van der Waals surface area contributed by atoms with Crippen molar-refractivity contribution in [2.45, 2.75) is 77.0 Å². The molecule has 3 atom stereocenters. The minimum absolute atomic E-state index is 0.0302. The van der Waals surface area contributed by atoms with E-state index in [2.05, 4.69) is 36.6 Å². The monoisotopic (exact) mass is 655 g/mol. The molecule has 0 radical (unpaired) electrons. The van der Waals surface area contributed by atoms with E-state index in [1.54, 1.807) is 7.11 Å². The van der Waals surface area contributed by atoms with Gasteiger partial charge in [0.25, 0.3) is 11.8 Å². The summed E-state index contributed by atoms with van der Waals surface area (Å²) in [5.74, 6) is -1.22. The number of nitrogens with zero attached hydrogens (tertiary/aromatic N) is 5. The number of aromatic nitrogens is 4. The molecule has 10 nitrogen and oxygen atoms in total. The molecule has 2 saturated heterocycles. The Kier molecular flexibility index (Phi) is 8.14. The predicted octanol–water partition coefficient (Wildman–Crippen LogP) is 5.41. The van der Waals surface area contributed by atoms with Crippen LogP contribution in [0.4, 0.5) is 8.78 Å². The number of carbonyl (C=O) groups is 2. The fraction of sp³-hybridized carbons (Fsp3) is 0.389. The zero-order chi connectivity index (χ0) is 33.9. The lowest BCUT2D eigenvalue weighted by molar-refractivity contribution is 0.0725. The number of pyridine rings is 2. The largest absolute Gasteiger partial charge is 0.482 e. The number of amides is 2. The minimum Gasteiger partial charge on any atom is -0.482 e. The van der Waals surface area contributed by atoms with Crippen molar-refractivity contribution in [2.75, 3.05) is 7.11 Å². The number of ether oxygens (including phenoxy) is 1. The van der Waals surface area contributed by atoms with Gasteiger partial charge in [0.1, 0.15) is 28.6 Å². The Morgan fingerprint density at radius 1 is 1.02 bits per heavy atom. The Hall–Kier alpha value is -4.84. The van der Waals surface area contributed by atoms with E-state index < -0.39 is 17.5 Å². The number of fused-ring (bicyclic) bond motifs is 4. The molecule has 8 rings (SSSR count). The third-order valence-corrected chi connectivity index (χ3v) is 9.93. The normalized spacial score (nSPS) is 20.0. The van der Waals surface area contributed by atoms with E-state index in [-0.39, 0.29) is 29.6 Å². The third kappa shape index (κ3) is 5.57. The zero-order valence-corrected chi connectivity index (χ0v) is 27.2. The molecule has 3 fully saturated rings. The number of benzene rings is 1. The smallest absolute Gasteiger partial charge is 0.254 e. The number of aryl methyl sites for hydroxylation is 2. The molecule has 6 heterocycles. The van der Waals surface area contributed by atoms with Crippen molar-refractivity contribution >= 4 is 28.5 Å². The Bertz CT molecular complexity index is 2070. The molecule has 12 heteroatoms. The van der Waals surface area contributed by atoms with Crippen LogP contribution in [0.25, 0.3) is 28.1 Å². The number of imidazole rings is 1. The molecule has 48 heavy (non-hydrogen) atoms. The fourth-order valence-electron chi connectivity index (χ4n) is 7.29. The van der Waals surface area contributed by atoms with Crippen LogP contribution in [0.3, 0.4) is 0 Å². The van der Waals surface area contributed by atoms with Crippen molar-refractivity contribution < 1.29 is 23.1 Å². The van der Waals surface area contributed by atoms with E-state index in [0.717, 1.165) is 83.8 Å². The van der Waals surface area contributed by atoms with E-state index in [0.29, 0.717) is 23.4 Å². The van der Waals surface area contributed by atoms with Gasteiger partial charge in [0.2, 0.25) is 0 Å². The van der Waals surface area contributed by atoms with E-state index >= 15 is 0 Å². The second-order valence-electron chi connectivity index (χ2n) is 13.1. The van der Waals surface area contributed by atoms with Crippen LogP contribution >= 0.6 is 0 Å². The van der Waals surface area contributed by atoms with E-state index in [1.807, 2.05) is 21.4 Å². The Morgan fingerprint density at radius 2 is 1.81 bits per heavy atom. The predicted molar refractivity (Wildman–Crippen MR) is 178 cm³/mol. The summed E-state index contributed by atoms with van der Waals surface area (Å²) in [6, 6.07) is 13.3. The van der Waals surface area contributed by atoms with Gasteiger partial charge in [0.05, 0.1) is 24.1 Å². The summed E-state index contributed by atoms with van der Waals surface area (Å²) in [7, 11) is 1.65. The van der Waals surface area contributed by atoms with Gasteiger partial charge in [0.15, 0.2) is 5.88 Å². The standard InChI is InChI=1S/C29H34N6O2.C7H5F2NO/c1-4-20-8-7-18-11-24(33(28(18)31-20)15-17-5-6-17)27-16(2)34-25(32-27)12-19(13-26(34)37-3)29(36)35-21-9-10-23(35)22(30)14-21;8-4-1-2-5(7(10)11)6(9)3-4/h7-8,11-13,17,21-23H,4-6,9-10,14-15,30H2,1-3H3;1-3H,(H2,10,11). The Morgan fingerprint density at radius 3 is 2.44 bits per heavy atom. The summed E-state index contributed by atoms with van der Waals surface area (Å²) in [6.07, 6.45) is 6.35. The number of nitrogens with two attached hydrogens (primary N) is 2. The minimum atomic E-state index is -0.933. The molecule has 1 saturated carbocycles. The molecule has 4 aromatic heterocycles. The van der Waals surface area contributed by atoms with Gasteiger partial charge >= 0.3 is 0 Å². The SMILES string of the molecule is CCc1ccc2cc(-c3nc4cc(C(=O)N5C6CCC5C(N)C6)cc(OC)n4c3C)n(CC3CC3)c2n1.NC(=O)c1ccc(F)cc1F. The van der Waals surface area contributed by atoms with Crippen molar-refractivity contribution in [3.8, 4) is 17.3 Å². The summed E-state index contributed by atoms with van der Waals surface area (Å²) < 4.78 is 34.9. The van der Waals surface area contributed by atoms with E-state index in [9.17, 15) is 18.4 Å². The number of hydrogen-bond donors (Lipinski definition) is 2. The van der Waals surface area contributed by atoms with Crippen molar-refractivity contribution in [3.05, 3.63) is 82.7 Å². The molecule has 1 aromatic carbocycles. The van der Waals surface area contributed by atoms with Crippen molar-refractivity contribution in [2.24, 2.45) is 17.4 Å². The van der Waals surface area contributed by atoms with Gasteiger partial charge in [-0.1, -0.05) is 6.92 Å². The number of methoxy groups -OCH3 is 1. The summed E-state index contributed by atoms with van der Waals surface area (Å²) in [5, 5.41) is 1.13. The molecule has 0 spiro atoms. The molecule has 3 aliphatic rings. The lowest BCUT2D eigenvalue weighted by Gasteiger charge is -2.23. The topological polar surface area (TPSA) is 134 Å². The Labute approximate surface area is 276 Å². The Balaban J connectivity index is 0.000000284. The number of primary amides is 1. The number of rotatable bonds is 7. The molecular weight excluding hydrogens is 616 g/mol. The first-order chi connectivity index (χ1) is 23.1. The second-order valence-corrected chi connectivity index (χ2v) is 13.1. The molecule has 2 bridgehead atoms. The van der Waals surface area contributed by atoms with Crippen LogP contribution in [-0.2, 0) is 13.0 Å². The molecular formula is C36H39F2N7O3. The molecule has 2 aliphatic heterocycles. The van der Waals surface area contributed by atoms with Crippen LogP contribution in [0, 0.1) is 24.5 Å². The van der Waals surface area contributed by atoms with Gasteiger partial charge in [-0.25, -0.2) is 18.7 Å². The highest BCUT2D eigenvalue weighted by molar-refractivity contribution is 5.97. The van der Waals surface area contributed by atoms with Gasteiger partial charge < -0.3 is 25.7 Å². The summed E-state index contributed by atoms with van der Waals surface area (Å²) in [4.78, 5) is 36.1. The lowest BCUT2D eigenvalue weighted by Crippen LogP contribution is -2.40. The van der Waals surface area contributed by atoms with Crippen LogP contribution in [0.2, 0.25) is 0 Å². The third-order valence-electron chi connectivity index (χ3n) is 9.93. The van der Waals surface area contributed by atoms with Crippen LogP contribution in [0.15, 0.2) is 48.5 Å². The summed E-state index contributed by atoms with van der Waals surface area (Å²) in [5.41, 5.74) is 17.2. The van der Waals surface area contributed by atoms with Crippen LogP contribution in [0.1, 0.15) is 71.1 Å². The first kappa shape index (κ1) is 31.7. The van der Waals surface area contributed by atoms with E-state index in [1.165, 1.54) is 12.8 Å². The van der Waals surface area contributed by atoms with Crippen LogP contribution in [-0.4, -0.2) is 60.9 Å². The lowest BCUT2D eigenvalue weighted by atomic mass is 9.97. The maximum atomic E-state index is 13.7. The van der Waals surface area contributed by atoms with Crippen molar-refractivity contribution in [1.29, 1.82) is 0 Å². The van der Waals surface area contributed by atoms with Crippen molar-refractivity contribution in [3.63, 3.8) is 0 Å². The fourth-order valence-corrected chi connectivity index (χ4v) is 7.29. The molecule has 5 aromatic rings. The highest BCUT2D eigenvalue weighted by atomic mass is 19.1. The molecule has 4 N–H and O–H groups in total. The van der Waals surface area contributed by atoms with E-state index in [4.69, 9.17) is 26.2 Å². The quantitative estimate of drug-likeness (QED) is 0.241. The van der Waals surface area contributed by atoms with Gasteiger partial charge in [-0.3, -0.25) is 14.0 Å². The zero-order valence-electron chi connectivity index (χ0n) is 27.2. The number of hydrogen-bond acceptors (Lipinski definition) is 6. The summed E-state index contributed by atoms with van der Waals surface area (Å²) in [6.45, 7) is 5.16. The van der Waals surface area contributed by atoms with Gasteiger partial charge in [-0.2, -0.15) is 0 Å². The first-order valence-electron chi connectivity index (χ1n) is 16.5. The second kappa shape index (κ2) is 12.3. The number of carbonyl (C=O) groups excluding carboxylic acids is 2. The average molecular weight is 656 g/mol. The molecule has 3 unspecified atom stereocenters. The molecule has 1 aliphatic carbocycles. The summed E-state index contributed by atoms with van der Waals surface area (Å²) >= 11 is 0. The maximum Gasteiger partial charge on any atom is 0.254 e. The number of halogens is 2. The molecule has 2 amide bonds. The van der Waals surface area contributed by atoms with Gasteiger partial charge in [0, 0.05) is 53.4 Å². The highest BCUT2D eigenvalue weighted by Gasteiger charge is 2.47. The molecule has 250 valence electrons. The maximum absolute atomic E-state index is 13.7. The van der Waals surface area contributed by atoms with Gasteiger partial charge in [-0.05, 0) is 87.8 Å².